The lowest BCUT2D eigenvalue weighted by atomic mass is 9.91. The second-order valence-corrected chi connectivity index (χ2v) is 10.8. The van der Waals surface area contributed by atoms with Crippen LogP contribution in [0.2, 0.25) is 5.02 Å². The van der Waals surface area contributed by atoms with Gasteiger partial charge >= 0.3 is 10.2 Å². The quantitative estimate of drug-likeness (QED) is 0.238. The summed E-state index contributed by atoms with van der Waals surface area (Å²) in [5.74, 6) is -1.98. The molecule has 14 heteroatoms. The molecule has 39 heavy (non-hydrogen) atoms. The van der Waals surface area contributed by atoms with Crippen LogP contribution in [0.25, 0.3) is 0 Å². The van der Waals surface area contributed by atoms with Crippen LogP contribution >= 0.6 is 11.6 Å². The number of primary amides is 1. The first kappa shape index (κ1) is 30.0. The number of hydrogen-bond acceptors (Lipinski definition) is 7. The maximum Gasteiger partial charge on any atom is 0.304 e. The van der Waals surface area contributed by atoms with Gasteiger partial charge in [-0.1, -0.05) is 61.0 Å². The van der Waals surface area contributed by atoms with Gasteiger partial charge < -0.3 is 16.2 Å². The second-order valence-electron chi connectivity index (χ2n) is 8.76. The standard InChI is InChI=1S/C25H32ClN7O5S/c1-4-33(23(16(2)34)24(36)29-14-21(27)35)39(37,38)31-25(28-3)32-15-20(17-8-6-5-7-9-17)22(30-32)18-10-12-19(26)13-11-18/h5-13,16,20,23,34H,4,14-15H2,1-3H3,(H2,27,35)(H,28,31)(H,29,36). The molecule has 3 unspecified atom stereocenters. The summed E-state index contributed by atoms with van der Waals surface area (Å²) < 4.78 is 30.1. The molecule has 0 bridgehead atoms. The van der Waals surface area contributed by atoms with E-state index in [1.807, 2.05) is 42.5 Å². The topological polar surface area (TPSA) is 170 Å². The molecule has 5 N–H and O–H groups in total. The van der Waals surface area contributed by atoms with Crippen molar-refractivity contribution in [3.63, 3.8) is 0 Å². The highest BCUT2D eigenvalue weighted by Crippen LogP contribution is 2.29. The van der Waals surface area contributed by atoms with Crippen molar-refractivity contribution < 1.29 is 23.1 Å². The summed E-state index contributed by atoms with van der Waals surface area (Å²) in [6.07, 6.45) is -1.40. The molecular formula is C25H32ClN7O5S. The Morgan fingerprint density at radius 2 is 1.87 bits per heavy atom. The van der Waals surface area contributed by atoms with Crippen LogP contribution in [-0.2, 0) is 19.8 Å². The van der Waals surface area contributed by atoms with Gasteiger partial charge in [-0.2, -0.15) is 17.8 Å². The highest BCUT2D eigenvalue weighted by Gasteiger charge is 2.39. The van der Waals surface area contributed by atoms with Crippen LogP contribution in [0.5, 0.6) is 0 Å². The number of guanidine groups is 1. The number of nitrogens with zero attached hydrogens (tertiary/aromatic N) is 4. The lowest BCUT2D eigenvalue weighted by Crippen LogP contribution is -2.59. The van der Waals surface area contributed by atoms with Crippen LogP contribution in [0.1, 0.15) is 30.9 Å². The van der Waals surface area contributed by atoms with E-state index in [4.69, 9.17) is 22.4 Å². The van der Waals surface area contributed by atoms with Crippen molar-refractivity contribution in [3.05, 3.63) is 70.7 Å². The first-order valence-corrected chi connectivity index (χ1v) is 14.0. The third-order valence-electron chi connectivity index (χ3n) is 6.03. The summed E-state index contributed by atoms with van der Waals surface area (Å²) in [6.45, 7) is 2.39. The average Bonchev–Trinajstić information content (AvgIpc) is 3.34. The Bertz CT molecular complexity index is 1330. The van der Waals surface area contributed by atoms with Gasteiger partial charge in [0.05, 0.1) is 24.9 Å². The number of hydrazone groups is 1. The fourth-order valence-electron chi connectivity index (χ4n) is 4.24. The fraction of sp³-hybridized carbons (Fsp3) is 0.360. The number of aliphatic hydroxyl groups is 1. The van der Waals surface area contributed by atoms with Gasteiger partial charge in [-0.25, -0.2) is 9.73 Å². The van der Waals surface area contributed by atoms with Crippen molar-refractivity contribution in [1.82, 2.24) is 19.4 Å². The Kier molecular flexibility index (Phi) is 10.0. The third-order valence-corrected chi connectivity index (χ3v) is 7.82. The summed E-state index contributed by atoms with van der Waals surface area (Å²) >= 11 is 6.07. The molecule has 0 fully saturated rings. The molecular weight excluding hydrogens is 546 g/mol. The van der Waals surface area contributed by atoms with Crippen molar-refractivity contribution in [1.29, 1.82) is 0 Å². The molecule has 0 aliphatic carbocycles. The molecule has 3 atom stereocenters. The van der Waals surface area contributed by atoms with Gasteiger partial charge in [0.15, 0.2) is 0 Å². The molecule has 1 aliphatic heterocycles. The minimum atomic E-state index is -4.43. The summed E-state index contributed by atoms with van der Waals surface area (Å²) in [5.41, 5.74) is 7.56. The van der Waals surface area contributed by atoms with Crippen molar-refractivity contribution in [2.75, 3.05) is 26.7 Å². The zero-order valence-corrected chi connectivity index (χ0v) is 23.4. The predicted molar refractivity (Wildman–Crippen MR) is 149 cm³/mol. The van der Waals surface area contributed by atoms with Crippen LogP contribution in [-0.4, -0.2) is 85.2 Å². The van der Waals surface area contributed by atoms with Crippen molar-refractivity contribution in [3.8, 4) is 0 Å². The SMILES string of the molecule is CCN(C(C(=O)NCC(N)=O)C(C)O)S(=O)(=O)NC(=NC)N1CC(c2ccccc2)C(c2ccc(Cl)cc2)=N1. The minimum absolute atomic E-state index is 0.0831. The first-order valence-electron chi connectivity index (χ1n) is 12.2. The van der Waals surface area contributed by atoms with Gasteiger partial charge in [0.2, 0.25) is 17.8 Å². The van der Waals surface area contributed by atoms with Gasteiger partial charge in [-0.3, -0.25) is 14.6 Å². The molecule has 0 saturated carbocycles. The van der Waals surface area contributed by atoms with Crippen LogP contribution in [0, 0.1) is 0 Å². The van der Waals surface area contributed by atoms with Gasteiger partial charge in [-0.05, 0) is 30.2 Å². The molecule has 0 radical (unpaired) electrons. The monoisotopic (exact) mass is 577 g/mol. The summed E-state index contributed by atoms with van der Waals surface area (Å²) in [5, 5.41) is 19.2. The van der Waals surface area contributed by atoms with Crippen molar-refractivity contribution >= 4 is 45.3 Å². The fourth-order valence-corrected chi connectivity index (χ4v) is 5.82. The number of amides is 2. The lowest BCUT2D eigenvalue weighted by molar-refractivity contribution is -0.130. The smallest absolute Gasteiger partial charge is 0.304 e. The number of aliphatic imine (C=N–C) groups is 1. The number of nitrogens with one attached hydrogen (secondary N) is 2. The highest BCUT2D eigenvalue weighted by atomic mass is 35.5. The largest absolute Gasteiger partial charge is 0.391 e. The first-order chi connectivity index (χ1) is 18.5. The van der Waals surface area contributed by atoms with E-state index < -0.39 is 40.7 Å². The van der Waals surface area contributed by atoms with Crippen LogP contribution < -0.4 is 15.8 Å². The highest BCUT2D eigenvalue weighted by molar-refractivity contribution is 7.87. The van der Waals surface area contributed by atoms with E-state index in [-0.39, 0.29) is 25.0 Å². The zero-order valence-electron chi connectivity index (χ0n) is 21.8. The van der Waals surface area contributed by atoms with Crippen LogP contribution in [0.4, 0.5) is 0 Å². The third kappa shape index (κ3) is 7.32. The van der Waals surface area contributed by atoms with E-state index in [2.05, 4.69) is 15.0 Å². The second kappa shape index (κ2) is 13.0. The van der Waals surface area contributed by atoms with E-state index in [9.17, 15) is 23.1 Å². The molecule has 210 valence electrons. The molecule has 1 aliphatic rings. The Morgan fingerprint density at radius 1 is 1.23 bits per heavy atom. The molecule has 12 nitrogen and oxygen atoms in total. The molecule has 0 spiro atoms. The van der Waals surface area contributed by atoms with E-state index >= 15 is 0 Å². The Hall–Kier alpha value is -3.52. The number of rotatable bonds is 10. The molecule has 1 heterocycles. The van der Waals surface area contributed by atoms with E-state index in [0.29, 0.717) is 10.7 Å². The number of likely N-dealkylation sites (N-methyl/N-ethyl adjacent to an activating group) is 1. The number of benzene rings is 2. The summed E-state index contributed by atoms with van der Waals surface area (Å²) in [7, 11) is -3.02. The Balaban J connectivity index is 1.92. The molecule has 2 amide bonds. The van der Waals surface area contributed by atoms with Gasteiger partial charge in [-0.15, -0.1) is 0 Å². The minimum Gasteiger partial charge on any atom is -0.391 e. The number of carbonyl (C=O) groups excluding carboxylic acids is 2. The van der Waals surface area contributed by atoms with Crippen molar-refractivity contribution in [2.45, 2.75) is 31.9 Å². The average molecular weight is 578 g/mol. The lowest BCUT2D eigenvalue weighted by Gasteiger charge is -2.31. The Morgan fingerprint density at radius 3 is 2.41 bits per heavy atom. The number of carbonyl (C=O) groups is 2. The molecule has 0 saturated heterocycles. The van der Waals surface area contributed by atoms with Gasteiger partial charge in [0.25, 0.3) is 0 Å². The molecule has 2 aromatic rings. The maximum absolute atomic E-state index is 13.5. The number of aliphatic hydroxyl groups excluding tert-OH is 1. The summed E-state index contributed by atoms with van der Waals surface area (Å²) in [6, 6.07) is 15.3. The Labute approximate surface area is 232 Å². The van der Waals surface area contributed by atoms with Crippen LogP contribution in [0.3, 0.4) is 0 Å². The van der Waals surface area contributed by atoms with Gasteiger partial charge in [0.1, 0.15) is 6.04 Å². The van der Waals surface area contributed by atoms with Gasteiger partial charge in [0, 0.05) is 24.5 Å². The number of nitrogens with two attached hydrogens (primary N) is 1. The maximum atomic E-state index is 13.5. The molecule has 2 aromatic carbocycles. The van der Waals surface area contributed by atoms with Crippen LogP contribution in [0.15, 0.2) is 64.7 Å². The molecule has 3 rings (SSSR count). The van der Waals surface area contributed by atoms with E-state index in [1.165, 1.54) is 25.9 Å². The molecule has 0 aromatic heterocycles. The zero-order chi connectivity index (χ0) is 28.7. The number of hydrogen-bond donors (Lipinski definition) is 4. The number of halogens is 1. The normalized spacial score (nSPS) is 17.5. The van der Waals surface area contributed by atoms with E-state index in [1.54, 1.807) is 12.1 Å². The van der Waals surface area contributed by atoms with E-state index in [0.717, 1.165) is 15.4 Å². The van der Waals surface area contributed by atoms with Crippen molar-refractivity contribution in [2.24, 2.45) is 15.8 Å². The predicted octanol–water partition coefficient (Wildman–Crippen LogP) is 0.637. The summed E-state index contributed by atoms with van der Waals surface area (Å²) in [4.78, 5) is 27.9.